The lowest BCUT2D eigenvalue weighted by Crippen LogP contribution is -2.18. The highest BCUT2D eigenvalue weighted by Gasteiger charge is 2.14. The van der Waals surface area contributed by atoms with Gasteiger partial charge in [0, 0.05) is 8.95 Å². The van der Waals surface area contributed by atoms with Gasteiger partial charge in [-0.05, 0) is 62.4 Å². The molecule has 0 amide bonds. The van der Waals surface area contributed by atoms with Crippen molar-refractivity contribution in [3.8, 4) is 5.75 Å². The molecular weight excluding hydrogens is 394 g/mol. The van der Waals surface area contributed by atoms with Crippen molar-refractivity contribution in [1.29, 1.82) is 0 Å². The quantitative estimate of drug-likeness (QED) is 0.718. The van der Waals surface area contributed by atoms with Gasteiger partial charge in [-0.3, -0.25) is 0 Å². The molecule has 0 bridgehead atoms. The summed E-state index contributed by atoms with van der Waals surface area (Å²) in [6.07, 6.45) is 0.174. The second-order valence-electron chi connectivity index (χ2n) is 5.16. The van der Waals surface area contributed by atoms with E-state index in [0.29, 0.717) is 0 Å². The first-order valence-electron chi connectivity index (χ1n) is 6.89. The Kier molecular flexibility index (Phi) is 5.85. The molecule has 2 aromatic rings. The zero-order valence-corrected chi connectivity index (χ0v) is 15.5. The van der Waals surface area contributed by atoms with E-state index in [1.54, 1.807) is 0 Å². The van der Waals surface area contributed by atoms with Gasteiger partial charge >= 0.3 is 0 Å². The number of hydrogen-bond acceptors (Lipinski definition) is 2. The molecule has 0 fully saturated rings. The molecule has 2 rings (SSSR count). The van der Waals surface area contributed by atoms with Crippen LogP contribution >= 0.6 is 31.9 Å². The van der Waals surface area contributed by atoms with Crippen molar-refractivity contribution in [2.24, 2.45) is 0 Å². The second-order valence-corrected chi connectivity index (χ2v) is 6.99. The van der Waals surface area contributed by atoms with Crippen molar-refractivity contribution in [3.63, 3.8) is 0 Å². The summed E-state index contributed by atoms with van der Waals surface area (Å²) >= 11 is 7.10. The fourth-order valence-electron chi connectivity index (χ4n) is 2.31. The van der Waals surface area contributed by atoms with Crippen LogP contribution in [0.1, 0.15) is 31.0 Å². The summed E-state index contributed by atoms with van der Waals surface area (Å²) in [5.41, 5.74) is 2.38. The highest BCUT2D eigenvalue weighted by molar-refractivity contribution is 9.11. The largest absolute Gasteiger partial charge is 0.491 e. The first-order chi connectivity index (χ1) is 9.99. The normalized spacial score (nSPS) is 12.5. The van der Waals surface area contributed by atoms with Crippen LogP contribution in [0.25, 0.3) is 0 Å². The van der Waals surface area contributed by atoms with E-state index in [4.69, 9.17) is 4.74 Å². The smallest absolute Gasteiger partial charge is 0.120 e. The molecule has 112 valence electrons. The van der Waals surface area contributed by atoms with Crippen molar-refractivity contribution >= 4 is 31.9 Å². The minimum atomic E-state index is 0.120. The lowest BCUT2D eigenvalue weighted by Gasteiger charge is -2.19. The van der Waals surface area contributed by atoms with Gasteiger partial charge < -0.3 is 10.1 Å². The fraction of sp³-hybridized carbons (Fsp3) is 0.294. The number of rotatable bonds is 5. The molecule has 0 saturated carbocycles. The Balaban J connectivity index is 2.36. The molecule has 2 aromatic carbocycles. The number of halogens is 2. The van der Waals surface area contributed by atoms with Gasteiger partial charge in [-0.15, -0.1) is 0 Å². The number of hydrogen-bond donors (Lipinski definition) is 1. The van der Waals surface area contributed by atoms with E-state index in [-0.39, 0.29) is 12.1 Å². The van der Waals surface area contributed by atoms with Crippen LogP contribution < -0.4 is 10.1 Å². The van der Waals surface area contributed by atoms with Crippen LogP contribution in [-0.2, 0) is 0 Å². The molecule has 4 heteroatoms. The van der Waals surface area contributed by atoms with Crippen LogP contribution in [0.3, 0.4) is 0 Å². The van der Waals surface area contributed by atoms with Crippen molar-refractivity contribution in [2.45, 2.75) is 26.0 Å². The molecule has 1 unspecified atom stereocenters. The minimum absolute atomic E-state index is 0.120. The molecule has 0 saturated heterocycles. The van der Waals surface area contributed by atoms with Crippen molar-refractivity contribution in [1.82, 2.24) is 5.32 Å². The fourth-order valence-corrected chi connectivity index (χ4v) is 3.64. The highest BCUT2D eigenvalue weighted by Crippen LogP contribution is 2.29. The van der Waals surface area contributed by atoms with Gasteiger partial charge in [0.05, 0.1) is 12.1 Å². The summed E-state index contributed by atoms with van der Waals surface area (Å²) in [5, 5.41) is 3.37. The zero-order chi connectivity index (χ0) is 15.4. The van der Waals surface area contributed by atoms with E-state index < -0.39 is 0 Å². The molecule has 0 heterocycles. The molecule has 1 N–H and O–H groups in total. The average Bonchev–Trinajstić information content (AvgIpc) is 2.38. The summed E-state index contributed by atoms with van der Waals surface area (Å²) < 4.78 is 7.90. The average molecular weight is 413 g/mol. The van der Waals surface area contributed by atoms with E-state index in [2.05, 4.69) is 61.4 Å². The zero-order valence-electron chi connectivity index (χ0n) is 12.4. The van der Waals surface area contributed by atoms with E-state index in [1.165, 1.54) is 11.1 Å². The summed E-state index contributed by atoms with van der Waals surface area (Å²) in [6.45, 7) is 4.07. The predicted molar refractivity (Wildman–Crippen MR) is 95.0 cm³/mol. The topological polar surface area (TPSA) is 21.3 Å². The maximum absolute atomic E-state index is 5.79. The standard InChI is InChI=1S/C17H19Br2NO/c1-11(2)21-16-6-4-5-12(9-16)17(20-3)13-7-14(18)10-15(19)8-13/h4-11,17,20H,1-3H3. The Hall–Kier alpha value is -0.840. The molecule has 0 aliphatic rings. The van der Waals surface area contributed by atoms with Gasteiger partial charge in [-0.2, -0.15) is 0 Å². The molecule has 2 nitrogen and oxygen atoms in total. The molecule has 0 aliphatic carbocycles. The van der Waals surface area contributed by atoms with E-state index >= 15 is 0 Å². The molecule has 0 aliphatic heterocycles. The predicted octanol–water partition coefficient (Wildman–Crippen LogP) is 5.31. The Morgan fingerprint density at radius 1 is 0.952 bits per heavy atom. The summed E-state index contributed by atoms with van der Waals surface area (Å²) in [5.74, 6) is 0.900. The molecular formula is C17H19Br2NO. The Bertz CT molecular complexity index is 593. The maximum Gasteiger partial charge on any atom is 0.120 e. The van der Waals surface area contributed by atoms with Crippen LogP contribution in [0.15, 0.2) is 51.4 Å². The minimum Gasteiger partial charge on any atom is -0.491 e. The van der Waals surface area contributed by atoms with Crippen LogP contribution in [-0.4, -0.2) is 13.2 Å². The third-order valence-corrected chi connectivity index (χ3v) is 3.99. The van der Waals surface area contributed by atoms with E-state index in [9.17, 15) is 0 Å². The van der Waals surface area contributed by atoms with Crippen molar-refractivity contribution in [2.75, 3.05) is 7.05 Å². The summed E-state index contributed by atoms with van der Waals surface area (Å²) in [4.78, 5) is 0. The molecule has 1 atom stereocenters. The van der Waals surface area contributed by atoms with Gasteiger partial charge in [0.15, 0.2) is 0 Å². The SMILES string of the molecule is CNC(c1cc(Br)cc(Br)c1)c1cccc(OC(C)C)c1. The first-order valence-corrected chi connectivity index (χ1v) is 8.48. The number of benzene rings is 2. The second kappa shape index (κ2) is 7.43. The van der Waals surface area contributed by atoms with Crippen LogP contribution in [0.2, 0.25) is 0 Å². The monoisotopic (exact) mass is 411 g/mol. The van der Waals surface area contributed by atoms with E-state index in [1.807, 2.05) is 39.1 Å². The van der Waals surface area contributed by atoms with Gasteiger partial charge in [-0.1, -0.05) is 44.0 Å². The van der Waals surface area contributed by atoms with Crippen molar-refractivity contribution in [3.05, 3.63) is 62.5 Å². The van der Waals surface area contributed by atoms with Crippen molar-refractivity contribution < 1.29 is 4.74 Å². The molecule has 21 heavy (non-hydrogen) atoms. The highest BCUT2D eigenvalue weighted by atomic mass is 79.9. The Labute approximate surface area is 143 Å². The van der Waals surface area contributed by atoms with Crippen LogP contribution in [0.4, 0.5) is 0 Å². The first kappa shape index (κ1) is 16.5. The van der Waals surface area contributed by atoms with Gasteiger partial charge in [-0.25, -0.2) is 0 Å². The third kappa shape index (κ3) is 4.56. The lowest BCUT2D eigenvalue weighted by atomic mass is 9.99. The summed E-state index contributed by atoms with van der Waals surface area (Å²) in [7, 11) is 1.97. The molecule has 0 aromatic heterocycles. The Morgan fingerprint density at radius 2 is 1.62 bits per heavy atom. The van der Waals surface area contributed by atoms with Gasteiger partial charge in [0.1, 0.15) is 5.75 Å². The number of nitrogens with one attached hydrogen (secondary N) is 1. The van der Waals surface area contributed by atoms with Crippen LogP contribution in [0.5, 0.6) is 5.75 Å². The van der Waals surface area contributed by atoms with Crippen LogP contribution in [0, 0.1) is 0 Å². The van der Waals surface area contributed by atoms with E-state index in [0.717, 1.165) is 14.7 Å². The lowest BCUT2D eigenvalue weighted by molar-refractivity contribution is 0.242. The maximum atomic E-state index is 5.79. The number of ether oxygens (including phenoxy) is 1. The van der Waals surface area contributed by atoms with Gasteiger partial charge in [0.25, 0.3) is 0 Å². The molecule has 0 radical (unpaired) electrons. The summed E-state index contributed by atoms with van der Waals surface area (Å²) in [6, 6.07) is 14.6. The third-order valence-electron chi connectivity index (χ3n) is 3.07. The molecule has 0 spiro atoms. The van der Waals surface area contributed by atoms with Gasteiger partial charge in [0.2, 0.25) is 0 Å². The Morgan fingerprint density at radius 3 is 2.19 bits per heavy atom.